The zero-order chi connectivity index (χ0) is 17.6. The lowest BCUT2D eigenvalue weighted by Crippen LogP contribution is -2.44. The Labute approximate surface area is 147 Å². The molecule has 1 atom stereocenters. The second-order valence-corrected chi connectivity index (χ2v) is 9.36. The number of amides is 1. The summed E-state index contributed by atoms with van der Waals surface area (Å²) < 4.78 is 25.2. The van der Waals surface area contributed by atoms with Crippen molar-refractivity contribution >= 4 is 15.9 Å². The first-order valence-corrected chi connectivity index (χ1v) is 11.0. The smallest absolute Gasteiger partial charge is 0.223 e. The van der Waals surface area contributed by atoms with E-state index in [0.717, 1.165) is 19.5 Å². The molecule has 2 heterocycles. The number of sulfonamides is 1. The predicted molar refractivity (Wildman–Crippen MR) is 96.3 cm³/mol. The van der Waals surface area contributed by atoms with Gasteiger partial charge in [0, 0.05) is 38.1 Å². The van der Waals surface area contributed by atoms with Crippen molar-refractivity contribution in [3.05, 3.63) is 0 Å². The number of nitrogens with one attached hydrogen (secondary N) is 1. The molecule has 0 saturated carbocycles. The summed E-state index contributed by atoms with van der Waals surface area (Å²) in [5.41, 5.74) is 0. The van der Waals surface area contributed by atoms with Gasteiger partial charge in [0.15, 0.2) is 0 Å². The van der Waals surface area contributed by atoms with Gasteiger partial charge in [-0.25, -0.2) is 12.7 Å². The van der Waals surface area contributed by atoms with E-state index in [9.17, 15) is 13.2 Å². The fraction of sp³-hybridized carbons (Fsp3) is 0.941. The van der Waals surface area contributed by atoms with E-state index in [-0.39, 0.29) is 17.6 Å². The van der Waals surface area contributed by atoms with Crippen molar-refractivity contribution in [2.24, 2.45) is 5.92 Å². The highest BCUT2D eigenvalue weighted by Crippen LogP contribution is 2.20. The molecule has 2 rings (SSSR count). The summed E-state index contributed by atoms with van der Waals surface area (Å²) in [7, 11) is -3.11. The SMILES string of the molecule is CCS(=O)(=O)N1CCC(C(=O)NCCCN2CCCCC2C)CC1. The molecule has 0 radical (unpaired) electrons. The fourth-order valence-corrected chi connectivity index (χ4v) is 4.84. The quantitative estimate of drug-likeness (QED) is 0.698. The number of nitrogens with zero attached hydrogens (tertiary/aromatic N) is 2. The van der Waals surface area contributed by atoms with Crippen LogP contribution < -0.4 is 5.32 Å². The van der Waals surface area contributed by atoms with Gasteiger partial charge in [0.05, 0.1) is 5.75 Å². The molecule has 2 fully saturated rings. The number of piperidine rings is 2. The van der Waals surface area contributed by atoms with Gasteiger partial charge < -0.3 is 10.2 Å². The highest BCUT2D eigenvalue weighted by atomic mass is 32.2. The van der Waals surface area contributed by atoms with E-state index in [1.54, 1.807) is 6.92 Å². The monoisotopic (exact) mass is 359 g/mol. The molecule has 1 amide bonds. The predicted octanol–water partition coefficient (Wildman–Crippen LogP) is 1.43. The van der Waals surface area contributed by atoms with Crippen molar-refractivity contribution < 1.29 is 13.2 Å². The Morgan fingerprint density at radius 1 is 1.12 bits per heavy atom. The summed E-state index contributed by atoms with van der Waals surface area (Å²) in [6.07, 6.45) is 6.16. The number of carbonyl (C=O) groups is 1. The van der Waals surface area contributed by atoms with Gasteiger partial charge in [0.1, 0.15) is 0 Å². The van der Waals surface area contributed by atoms with Gasteiger partial charge in [0.25, 0.3) is 0 Å². The minimum Gasteiger partial charge on any atom is -0.356 e. The molecule has 0 aromatic rings. The third-order valence-corrected chi connectivity index (χ3v) is 7.33. The Hall–Kier alpha value is -0.660. The first-order valence-electron chi connectivity index (χ1n) is 9.43. The molecule has 0 spiro atoms. The van der Waals surface area contributed by atoms with Crippen molar-refractivity contribution in [2.75, 3.05) is 38.5 Å². The summed E-state index contributed by atoms with van der Waals surface area (Å²) in [5.74, 6) is 0.191. The Morgan fingerprint density at radius 3 is 2.46 bits per heavy atom. The number of carbonyl (C=O) groups excluding carboxylic acids is 1. The minimum atomic E-state index is -3.11. The Morgan fingerprint density at radius 2 is 1.83 bits per heavy atom. The molecule has 2 aliphatic rings. The summed E-state index contributed by atoms with van der Waals surface area (Å²) >= 11 is 0. The van der Waals surface area contributed by atoms with Gasteiger partial charge in [-0.1, -0.05) is 6.42 Å². The molecule has 140 valence electrons. The maximum Gasteiger partial charge on any atom is 0.223 e. The topological polar surface area (TPSA) is 69.7 Å². The van der Waals surface area contributed by atoms with Gasteiger partial charge in [-0.2, -0.15) is 0 Å². The highest BCUT2D eigenvalue weighted by Gasteiger charge is 2.29. The average molecular weight is 360 g/mol. The molecule has 2 saturated heterocycles. The van der Waals surface area contributed by atoms with E-state index in [0.29, 0.717) is 32.0 Å². The second kappa shape index (κ2) is 9.15. The van der Waals surface area contributed by atoms with Crippen LogP contribution in [0.4, 0.5) is 0 Å². The van der Waals surface area contributed by atoms with Gasteiger partial charge in [-0.05, 0) is 52.5 Å². The lowest BCUT2D eigenvalue weighted by Gasteiger charge is -2.33. The van der Waals surface area contributed by atoms with Gasteiger partial charge >= 0.3 is 0 Å². The standard InChI is InChI=1S/C17H33N3O3S/c1-3-24(22,23)20-13-8-16(9-14-20)17(21)18-10-6-12-19-11-5-4-7-15(19)2/h15-16H,3-14H2,1-2H3,(H,18,21). The number of rotatable bonds is 7. The molecule has 24 heavy (non-hydrogen) atoms. The molecular weight excluding hydrogens is 326 g/mol. The average Bonchev–Trinajstić information content (AvgIpc) is 2.60. The summed E-state index contributed by atoms with van der Waals surface area (Å²) in [4.78, 5) is 14.8. The van der Waals surface area contributed by atoms with Gasteiger partial charge in [-0.3, -0.25) is 4.79 Å². The lowest BCUT2D eigenvalue weighted by molar-refractivity contribution is -0.126. The molecule has 1 unspecified atom stereocenters. The van der Waals surface area contributed by atoms with E-state index < -0.39 is 10.0 Å². The zero-order valence-corrected chi connectivity index (χ0v) is 16.0. The Kier molecular flexibility index (Phi) is 7.50. The van der Waals surface area contributed by atoms with E-state index in [2.05, 4.69) is 17.1 Å². The summed E-state index contributed by atoms with van der Waals surface area (Å²) in [6, 6.07) is 0.666. The molecule has 6 nitrogen and oxygen atoms in total. The van der Waals surface area contributed by atoms with E-state index in [1.165, 1.54) is 30.1 Å². The van der Waals surface area contributed by atoms with Crippen molar-refractivity contribution in [1.82, 2.24) is 14.5 Å². The molecule has 1 N–H and O–H groups in total. The lowest BCUT2D eigenvalue weighted by atomic mass is 9.97. The van der Waals surface area contributed by atoms with Crippen LogP contribution in [0.15, 0.2) is 0 Å². The second-order valence-electron chi connectivity index (χ2n) is 7.10. The largest absolute Gasteiger partial charge is 0.356 e. The highest BCUT2D eigenvalue weighted by molar-refractivity contribution is 7.89. The van der Waals surface area contributed by atoms with Crippen molar-refractivity contribution in [2.45, 2.75) is 58.4 Å². The van der Waals surface area contributed by atoms with Crippen LogP contribution in [0.2, 0.25) is 0 Å². The third-order valence-electron chi connectivity index (χ3n) is 5.44. The van der Waals surface area contributed by atoms with Gasteiger partial charge in [0.2, 0.25) is 15.9 Å². The number of likely N-dealkylation sites (tertiary alicyclic amines) is 1. The summed E-state index contributed by atoms with van der Waals surface area (Å²) in [5, 5.41) is 3.04. The van der Waals surface area contributed by atoms with E-state index >= 15 is 0 Å². The molecule has 0 aromatic carbocycles. The van der Waals surface area contributed by atoms with Crippen LogP contribution in [0.5, 0.6) is 0 Å². The maximum atomic E-state index is 12.2. The van der Waals surface area contributed by atoms with E-state index in [4.69, 9.17) is 0 Å². The molecule has 0 aliphatic carbocycles. The van der Waals surface area contributed by atoms with Crippen LogP contribution in [0.3, 0.4) is 0 Å². The normalized spacial score (nSPS) is 24.8. The number of hydrogen-bond donors (Lipinski definition) is 1. The Bertz CT molecular complexity index is 501. The zero-order valence-electron chi connectivity index (χ0n) is 15.2. The van der Waals surface area contributed by atoms with Crippen LogP contribution in [0.1, 0.15) is 52.4 Å². The maximum absolute atomic E-state index is 12.2. The minimum absolute atomic E-state index is 0.0396. The molecule has 2 aliphatic heterocycles. The third kappa shape index (κ3) is 5.43. The molecule has 7 heteroatoms. The van der Waals surface area contributed by atoms with Crippen molar-refractivity contribution in [3.63, 3.8) is 0 Å². The first kappa shape index (κ1) is 19.7. The first-order chi connectivity index (χ1) is 11.4. The van der Waals surface area contributed by atoms with Crippen LogP contribution in [-0.4, -0.2) is 68.0 Å². The van der Waals surface area contributed by atoms with Crippen LogP contribution in [0.25, 0.3) is 0 Å². The molecule has 0 bridgehead atoms. The van der Waals surface area contributed by atoms with E-state index in [1.807, 2.05) is 0 Å². The molecule has 0 aromatic heterocycles. The van der Waals surface area contributed by atoms with Crippen LogP contribution in [-0.2, 0) is 14.8 Å². The fourth-order valence-electron chi connectivity index (χ4n) is 3.71. The summed E-state index contributed by atoms with van der Waals surface area (Å²) in [6.45, 7) is 7.84. The number of hydrogen-bond acceptors (Lipinski definition) is 4. The van der Waals surface area contributed by atoms with Crippen LogP contribution >= 0.6 is 0 Å². The molecular formula is C17H33N3O3S. The van der Waals surface area contributed by atoms with Crippen molar-refractivity contribution in [3.8, 4) is 0 Å². The van der Waals surface area contributed by atoms with Crippen molar-refractivity contribution in [1.29, 1.82) is 0 Å². The Balaban J connectivity index is 1.63. The van der Waals surface area contributed by atoms with Gasteiger partial charge in [-0.15, -0.1) is 0 Å². The van der Waals surface area contributed by atoms with Crippen LogP contribution in [0, 0.1) is 5.92 Å².